The third-order valence-corrected chi connectivity index (χ3v) is 3.24. The Bertz CT molecular complexity index is 599. The maximum Gasteiger partial charge on any atom is 0.337 e. The lowest BCUT2D eigenvalue weighted by atomic mass is 10.1. The second-order valence-electron chi connectivity index (χ2n) is 4.50. The summed E-state index contributed by atoms with van der Waals surface area (Å²) in [5, 5.41) is 12.8. The third kappa shape index (κ3) is 3.79. The van der Waals surface area contributed by atoms with E-state index in [0.717, 1.165) is 11.3 Å². The molecule has 1 atom stereocenters. The maximum atomic E-state index is 10.7. The number of nitrogens with zero attached hydrogens (tertiary/aromatic N) is 1. The average molecular weight is 291 g/mol. The molecule has 4 nitrogen and oxygen atoms in total. The summed E-state index contributed by atoms with van der Waals surface area (Å²) in [6.45, 7) is 2.60. The van der Waals surface area contributed by atoms with Gasteiger partial charge in [-0.1, -0.05) is 23.7 Å². The van der Waals surface area contributed by atoms with E-state index in [4.69, 9.17) is 16.7 Å². The third-order valence-electron chi connectivity index (χ3n) is 3.01. The molecule has 0 saturated heterocycles. The lowest BCUT2D eigenvalue weighted by Gasteiger charge is -2.14. The van der Waals surface area contributed by atoms with Crippen molar-refractivity contribution in [2.75, 3.05) is 0 Å². The van der Waals surface area contributed by atoms with Gasteiger partial charge in [-0.15, -0.1) is 0 Å². The highest BCUT2D eigenvalue weighted by Crippen LogP contribution is 2.17. The van der Waals surface area contributed by atoms with Crippen LogP contribution in [0.25, 0.3) is 0 Å². The lowest BCUT2D eigenvalue weighted by molar-refractivity contribution is 0.0696. The van der Waals surface area contributed by atoms with Gasteiger partial charge in [-0.2, -0.15) is 0 Å². The molecular weight excluding hydrogens is 276 g/mol. The summed E-state index contributed by atoms with van der Waals surface area (Å²) in [7, 11) is 0. The standard InChI is InChI=1S/C15H15ClN2O2/c1-10(11-3-2-4-13(16)7-11)17-9-14-6-5-12(8-18-14)15(19)20/h2-8,10,17H,9H2,1H3,(H,19,20)/t10-/m0/s1. The Balaban J connectivity index is 1.96. The van der Waals surface area contributed by atoms with Crippen molar-refractivity contribution < 1.29 is 9.90 Å². The normalized spacial score (nSPS) is 12.1. The molecule has 5 heteroatoms. The molecule has 2 aromatic rings. The molecule has 0 aliphatic rings. The zero-order valence-corrected chi connectivity index (χ0v) is 11.8. The van der Waals surface area contributed by atoms with Crippen LogP contribution in [0.5, 0.6) is 0 Å². The van der Waals surface area contributed by atoms with Gasteiger partial charge in [0.05, 0.1) is 11.3 Å². The Morgan fingerprint density at radius 2 is 2.20 bits per heavy atom. The maximum absolute atomic E-state index is 10.7. The minimum absolute atomic E-state index is 0.134. The van der Waals surface area contributed by atoms with Crippen molar-refractivity contribution in [1.82, 2.24) is 10.3 Å². The van der Waals surface area contributed by atoms with Crippen molar-refractivity contribution in [3.63, 3.8) is 0 Å². The molecule has 0 aliphatic carbocycles. The van der Waals surface area contributed by atoms with E-state index in [1.165, 1.54) is 6.20 Å². The number of rotatable bonds is 5. The number of benzene rings is 1. The largest absolute Gasteiger partial charge is 0.478 e. The molecule has 1 aromatic carbocycles. The number of nitrogens with one attached hydrogen (secondary N) is 1. The molecule has 2 N–H and O–H groups in total. The van der Waals surface area contributed by atoms with Crippen molar-refractivity contribution >= 4 is 17.6 Å². The monoisotopic (exact) mass is 290 g/mol. The van der Waals surface area contributed by atoms with E-state index in [1.807, 2.05) is 31.2 Å². The zero-order valence-electron chi connectivity index (χ0n) is 11.0. The Hall–Kier alpha value is -1.91. The molecule has 0 bridgehead atoms. The molecule has 20 heavy (non-hydrogen) atoms. The van der Waals surface area contributed by atoms with E-state index in [-0.39, 0.29) is 11.6 Å². The molecule has 0 amide bonds. The van der Waals surface area contributed by atoms with Gasteiger partial charge in [0.1, 0.15) is 0 Å². The first-order valence-corrected chi connectivity index (χ1v) is 6.61. The van der Waals surface area contributed by atoms with Crippen LogP contribution in [-0.4, -0.2) is 16.1 Å². The molecule has 0 unspecified atom stereocenters. The van der Waals surface area contributed by atoms with Gasteiger partial charge in [0.2, 0.25) is 0 Å². The summed E-state index contributed by atoms with van der Waals surface area (Å²) >= 11 is 5.96. The van der Waals surface area contributed by atoms with Crippen molar-refractivity contribution in [2.45, 2.75) is 19.5 Å². The Labute approximate surface area is 122 Å². The fourth-order valence-corrected chi connectivity index (χ4v) is 2.01. The number of halogens is 1. The fourth-order valence-electron chi connectivity index (χ4n) is 1.81. The summed E-state index contributed by atoms with van der Waals surface area (Å²) in [6, 6.07) is 11.1. The Kier molecular flexibility index (Phi) is 4.71. The van der Waals surface area contributed by atoms with Crippen LogP contribution in [0.2, 0.25) is 5.02 Å². The molecular formula is C15H15ClN2O2. The summed E-state index contributed by atoms with van der Waals surface area (Å²) in [6.07, 6.45) is 1.36. The molecule has 0 aliphatic heterocycles. The number of carboxylic acid groups (broad SMARTS) is 1. The first-order chi connectivity index (χ1) is 9.56. The highest BCUT2D eigenvalue weighted by molar-refractivity contribution is 6.30. The van der Waals surface area contributed by atoms with E-state index in [9.17, 15) is 4.79 Å². The van der Waals surface area contributed by atoms with Crippen LogP contribution in [0.4, 0.5) is 0 Å². The first kappa shape index (κ1) is 14.5. The van der Waals surface area contributed by atoms with Crippen molar-refractivity contribution in [1.29, 1.82) is 0 Å². The topological polar surface area (TPSA) is 62.2 Å². The molecule has 0 radical (unpaired) electrons. The highest BCUT2D eigenvalue weighted by atomic mass is 35.5. The van der Waals surface area contributed by atoms with Gasteiger partial charge in [0, 0.05) is 23.8 Å². The van der Waals surface area contributed by atoms with Crippen LogP contribution < -0.4 is 5.32 Å². The van der Waals surface area contributed by atoms with Crippen LogP contribution in [0, 0.1) is 0 Å². The molecule has 2 rings (SSSR count). The first-order valence-electron chi connectivity index (χ1n) is 6.23. The van der Waals surface area contributed by atoms with E-state index in [2.05, 4.69) is 10.3 Å². The van der Waals surface area contributed by atoms with E-state index < -0.39 is 5.97 Å². The van der Waals surface area contributed by atoms with Gasteiger partial charge in [-0.05, 0) is 36.8 Å². The smallest absolute Gasteiger partial charge is 0.337 e. The molecule has 0 fully saturated rings. The minimum atomic E-state index is -0.968. The van der Waals surface area contributed by atoms with E-state index in [1.54, 1.807) is 12.1 Å². The van der Waals surface area contributed by atoms with Gasteiger partial charge in [0.15, 0.2) is 0 Å². The van der Waals surface area contributed by atoms with Crippen LogP contribution in [-0.2, 0) is 6.54 Å². The van der Waals surface area contributed by atoms with Gasteiger partial charge in [-0.3, -0.25) is 4.98 Å². The number of carboxylic acids is 1. The Morgan fingerprint density at radius 1 is 1.40 bits per heavy atom. The quantitative estimate of drug-likeness (QED) is 0.887. The van der Waals surface area contributed by atoms with Gasteiger partial charge in [-0.25, -0.2) is 4.79 Å². The number of aromatic nitrogens is 1. The summed E-state index contributed by atoms with van der Waals surface area (Å²) in [5.41, 5.74) is 2.08. The molecule has 104 valence electrons. The van der Waals surface area contributed by atoms with Gasteiger partial charge in [0.25, 0.3) is 0 Å². The van der Waals surface area contributed by atoms with Crippen LogP contribution in [0.3, 0.4) is 0 Å². The average Bonchev–Trinajstić information content (AvgIpc) is 2.45. The summed E-state index contributed by atoms with van der Waals surface area (Å²) in [4.78, 5) is 14.8. The number of hydrogen-bond donors (Lipinski definition) is 2. The number of aromatic carboxylic acids is 1. The zero-order chi connectivity index (χ0) is 14.5. The summed E-state index contributed by atoms with van der Waals surface area (Å²) in [5.74, 6) is -0.968. The molecule has 0 spiro atoms. The van der Waals surface area contributed by atoms with Crippen molar-refractivity contribution in [3.8, 4) is 0 Å². The number of hydrogen-bond acceptors (Lipinski definition) is 3. The fraction of sp³-hybridized carbons (Fsp3) is 0.200. The van der Waals surface area contributed by atoms with Crippen LogP contribution in [0.1, 0.15) is 34.6 Å². The number of carbonyl (C=O) groups is 1. The van der Waals surface area contributed by atoms with Crippen molar-refractivity contribution in [3.05, 3.63) is 64.4 Å². The number of pyridine rings is 1. The molecule has 1 heterocycles. The van der Waals surface area contributed by atoms with E-state index in [0.29, 0.717) is 11.6 Å². The van der Waals surface area contributed by atoms with Crippen molar-refractivity contribution in [2.24, 2.45) is 0 Å². The molecule has 1 aromatic heterocycles. The van der Waals surface area contributed by atoms with Gasteiger partial charge < -0.3 is 10.4 Å². The highest BCUT2D eigenvalue weighted by Gasteiger charge is 2.07. The molecule has 0 saturated carbocycles. The van der Waals surface area contributed by atoms with Crippen LogP contribution in [0.15, 0.2) is 42.6 Å². The second kappa shape index (κ2) is 6.50. The predicted molar refractivity (Wildman–Crippen MR) is 77.9 cm³/mol. The second-order valence-corrected chi connectivity index (χ2v) is 4.94. The predicted octanol–water partition coefficient (Wildman–Crippen LogP) is 3.28. The van der Waals surface area contributed by atoms with Gasteiger partial charge >= 0.3 is 5.97 Å². The lowest BCUT2D eigenvalue weighted by Crippen LogP contribution is -2.18. The summed E-state index contributed by atoms with van der Waals surface area (Å²) < 4.78 is 0. The minimum Gasteiger partial charge on any atom is -0.478 e. The SMILES string of the molecule is C[C@H](NCc1ccc(C(=O)O)cn1)c1cccc(Cl)c1. The van der Waals surface area contributed by atoms with E-state index >= 15 is 0 Å². The van der Waals surface area contributed by atoms with Crippen LogP contribution >= 0.6 is 11.6 Å². The Morgan fingerprint density at radius 3 is 2.80 bits per heavy atom.